The van der Waals surface area contributed by atoms with Crippen LogP contribution in [0.1, 0.15) is 30.1 Å². The molecule has 2 aromatic carbocycles. The first kappa shape index (κ1) is 23.7. The topological polar surface area (TPSA) is 96.5 Å². The first-order valence-electron chi connectivity index (χ1n) is 9.53. The fourth-order valence-corrected chi connectivity index (χ4v) is 2.36. The summed E-state index contributed by atoms with van der Waals surface area (Å²) in [7, 11) is 0. The Labute approximate surface area is 177 Å². The van der Waals surface area contributed by atoms with Crippen LogP contribution < -0.4 is 20.7 Å². The maximum absolute atomic E-state index is 13.5. The maximum atomic E-state index is 13.5. The molecule has 3 N–H and O–H groups in total. The zero-order valence-electron chi connectivity index (χ0n) is 16.8. The Bertz CT molecular complexity index is 936. The minimum atomic E-state index is -1.72. The van der Waals surface area contributed by atoms with Gasteiger partial charge in [-0.2, -0.15) is 0 Å². The number of unbranched alkanes of at least 4 members (excludes halogenated alkanes) is 1. The van der Waals surface area contributed by atoms with Gasteiger partial charge in [0.2, 0.25) is 11.8 Å². The van der Waals surface area contributed by atoms with Crippen molar-refractivity contribution in [2.45, 2.75) is 19.8 Å². The Hall–Kier alpha value is -3.56. The summed E-state index contributed by atoms with van der Waals surface area (Å²) < 4.78 is 45.0. The molecule has 0 saturated heterocycles. The normalized spacial score (nSPS) is 10.3. The van der Waals surface area contributed by atoms with E-state index in [1.54, 1.807) is 24.3 Å². The molecule has 0 bridgehead atoms. The third-order valence-corrected chi connectivity index (χ3v) is 4.05. The first-order chi connectivity index (χ1) is 14.8. The molecule has 0 radical (unpaired) electrons. The number of halogens is 3. The average Bonchev–Trinajstić information content (AvgIpc) is 2.77. The van der Waals surface area contributed by atoms with Crippen molar-refractivity contribution in [3.63, 3.8) is 0 Å². The summed E-state index contributed by atoms with van der Waals surface area (Å²) >= 11 is 0. The summed E-state index contributed by atoms with van der Waals surface area (Å²) in [6.45, 7) is 1.67. The van der Waals surface area contributed by atoms with Gasteiger partial charge in [-0.15, -0.1) is 0 Å². The molecule has 0 heterocycles. The second kappa shape index (κ2) is 11.6. The van der Waals surface area contributed by atoms with Crippen molar-refractivity contribution in [3.8, 4) is 5.75 Å². The summed E-state index contributed by atoms with van der Waals surface area (Å²) in [5, 5.41) is 6.62. The molecular formula is C21H22F3N3O4. The standard InChI is InChI=1S/C21H22F3N3O4/c1-2-3-10-31-14-6-4-13(5-7-14)21(30)26-11-17(28)25-12-18(29)27-16-9-8-15(22)19(23)20(16)24/h4-9H,2-3,10-12H2,1H3,(H,25,28)(H,26,30)(H,27,29). The van der Waals surface area contributed by atoms with E-state index in [0.29, 0.717) is 24.0 Å². The van der Waals surface area contributed by atoms with E-state index in [9.17, 15) is 27.6 Å². The lowest BCUT2D eigenvalue weighted by Crippen LogP contribution is -2.40. The largest absolute Gasteiger partial charge is 0.494 e. The number of amides is 3. The smallest absolute Gasteiger partial charge is 0.251 e. The van der Waals surface area contributed by atoms with Crippen LogP contribution in [0.15, 0.2) is 36.4 Å². The average molecular weight is 437 g/mol. The lowest BCUT2D eigenvalue weighted by molar-refractivity contribution is -0.123. The first-order valence-corrected chi connectivity index (χ1v) is 9.53. The van der Waals surface area contributed by atoms with Crippen molar-refractivity contribution >= 4 is 23.4 Å². The molecule has 31 heavy (non-hydrogen) atoms. The van der Waals surface area contributed by atoms with E-state index in [-0.39, 0.29) is 0 Å². The molecule has 0 aromatic heterocycles. The third kappa shape index (κ3) is 7.32. The molecule has 0 aliphatic carbocycles. The van der Waals surface area contributed by atoms with E-state index in [0.717, 1.165) is 18.9 Å². The molecular weight excluding hydrogens is 415 g/mol. The van der Waals surface area contributed by atoms with Crippen LogP contribution in [0, 0.1) is 17.5 Å². The molecule has 0 saturated carbocycles. The summed E-state index contributed by atoms with van der Waals surface area (Å²) in [5.74, 6) is -6.05. The molecule has 7 nitrogen and oxygen atoms in total. The molecule has 3 amide bonds. The minimum Gasteiger partial charge on any atom is -0.494 e. The number of ether oxygens (including phenoxy) is 1. The lowest BCUT2D eigenvalue weighted by Gasteiger charge is -2.09. The zero-order chi connectivity index (χ0) is 22.8. The van der Waals surface area contributed by atoms with Crippen LogP contribution in [-0.4, -0.2) is 37.4 Å². The fourth-order valence-electron chi connectivity index (χ4n) is 2.36. The van der Waals surface area contributed by atoms with Gasteiger partial charge in [-0.25, -0.2) is 13.2 Å². The molecule has 2 aromatic rings. The number of nitrogens with one attached hydrogen (secondary N) is 3. The molecule has 166 valence electrons. The van der Waals surface area contributed by atoms with Crippen LogP contribution in [0.2, 0.25) is 0 Å². The molecule has 0 spiro atoms. The molecule has 0 unspecified atom stereocenters. The molecule has 0 aliphatic rings. The van der Waals surface area contributed by atoms with Gasteiger partial charge in [0.05, 0.1) is 25.4 Å². The van der Waals surface area contributed by atoms with Crippen molar-refractivity contribution in [1.82, 2.24) is 10.6 Å². The van der Waals surface area contributed by atoms with Crippen LogP contribution in [0.5, 0.6) is 5.75 Å². The van der Waals surface area contributed by atoms with Gasteiger partial charge in [0.1, 0.15) is 5.75 Å². The van der Waals surface area contributed by atoms with Gasteiger partial charge in [0, 0.05) is 5.56 Å². The van der Waals surface area contributed by atoms with E-state index >= 15 is 0 Å². The second-order valence-electron chi connectivity index (χ2n) is 6.46. The summed E-state index contributed by atoms with van der Waals surface area (Å²) in [5.41, 5.74) is -0.240. The highest BCUT2D eigenvalue weighted by Crippen LogP contribution is 2.19. The van der Waals surface area contributed by atoms with Gasteiger partial charge in [-0.1, -0.05) is 13.3 Å². The molecule has 10 heteroatoms. The number of hydrogen-bond acceptors (Lipinski definition) is 4. The second-order valence-corrected chi connectivity index (χ2v) is 6.46. The monoisotopic (exact) mass is 437 g/mol. The Morgan fingerprint density at radius 3 is 2.23 bits per heavy atom. The molecule has 0 atom stereocenters. The Kier molecular flexibility index (Phi) is 8.86. The van der Waals surface area contributed by atoms with Gasteiger partial charge >= 0.3 is 0 Å². The SMILES string of the molecule is CCCCOc1ccc(C(=O)NCC(=O)NCC(=O)Nc2ccc(F)c(F)c2F)cc1. The predicted octanol–water partition coefficient (Wildman–Crippen LogP) is 2.77. The van der Waals surface area contributed by atoms with Crippen LogP contribution in [0.3, 0.4) is 0 Å². The maximum Gasteiger partial charge on any atom is 0.251 e. The van der Waals surface area contributed by atoms with Crippen LogP contribution in [0.25, 0.3) is 0 Å². The van der Waals surface area contributed by atoms with Gasteiger partial charge in [-0.3, -0.25) is 14.4 Å². The van der Waals surface area contributed by atoms with Crippen LogP contribution in [0.4, 0.5) is 18.9 Å². The summed E-state index contributed by atoms with van der Waals surface area (Å²) in [6.07, 6.45) is 1.93. The van der Waals surface area contributed by atoms with Crippen molar-refractivity contribution in [3.05, 3.63) is 59.4 Å². The van der Waals surface area contributed by atoms with Gasteiger partial charge in [-0.05, 0) is 42.8 Å². The predicted molar refractivity (Wildman–Crippen MR) is 107 cm³/mol. The number of benzene rings is 2. The van der Waals surface area contributed by atoms with E-state index in [1.165, 1.54) is 0 Å². The number of rotatable bonds is 10. The molecule has 0 fully saturated rings. The number of hydrogen-bond donors (Lipinski definition) is 3. The highest BCUT2D eigenvalue weighted by Gasteiger charge is 2.16. The van der Waals surface area contributed by atoms with Crippen molar-refractivity contribution in [2.75, 3.05) is 25.0 Å². The number of carbonyl (C=O) groups is 3. The third-order valence-electron chi connectivity index (χ3n) is 4.05. The number of anilines is 1. The summed E-state index contributed by atoms with van der Waals surface area (Å²) in [4.78, 5) is 35.6. The highest BCUT2D eigenvalue weighted by atomic mass is 19.2. The van der Waals surface area contributed by atoms with Crippen LogP contribution in [-0.2, 0) is 9.59 Å². The molecule has 2 rings (SSSR count). The van der Waals surface area contributed by atoms with Crippen molar-refractivity contribution in [1.29, 1.82) is 0 Å². The highest BCUT2D eigenvalue weighted by molar-refractivity contribution is 5.98. The van der Waals surface area contributed by atoms with E-state index in [1.807, 2.05) is 12.2 Å². The fraction of sp³-hybridized carbons (Fsp3) is 0.286. The lowest BCUT2D eigenvalue weighted by atomic mass is 10.2. The van der Waals surface area contributed by atoms with E-state index in [4.69, 9.17) is 4.74 Å². The van der Waals surface area contributed by atoms with E-state index in [2.05, 4.69) is 10.6 Å². The Morgan fingerprint density at radius 2 is 1.55 bits per heavy atom. The van der Waals surface area contributed by atoms with Crippen molar-refractivity contribution < 1.29 is 32.3 Å². The molecule has 0 aliphatic heterocycles. The summed E-state index contributed by atoms with van der Waals surface area (Å²) in [6, 6.07) is 7.91. The van der Waals surface area contributed by atoms with Gasteiger partial charge in [0.15, 0.2) is 17.5 Å². The van der Waals surface area contributed by atoms with Gasteiger partial charge in [0.25, 0.3) is 5.91 Å². The van der Waals surface area contributed by atoms with Gasteiger partial charge < -0.3 is 20.7 Å². The minimum absolute atomic E-state index is 0.321. The Morgan fingerprint density at radius 1 is 0.871 bits per heavy atom. The number of carbonyl (C=O) groups excluding carboxylic acids is 3. The van der Waals surface area contributed by atoms with Crippen LogP contribution >= 0.6 is 0 Å². The zero-order valence-corrected chi connectivity index (χ0v) is 16.8. The van der Waals surface area contributed by atoms with E-state index < -0.39 is 54.0 Å². The van der Waals surface area contributed by atoms with Crippen molar-refractivity contribution in [2.24, 2.45) is 0 Å². The Balaban J connectivity index is 1.74. The quantitative estimate of drug-likeness (QED) is 0.393.